The summed E-state index contributed by atoms with van der Waals surface area (Å²) in [4.78, 5) is 13.9. The van der Waals surface area contributed by atoms with Gasteiger partial charge in [0.05, 0.1) is 35.5 Å². The van der Waals surface area contributed by atoms with Crippen LogP contribution >= 0.6 is 15.9 Å². The summed E-state index contributed by atoms with van der Waals surface area (Å²) in [6.07, 6.45) is 2.10. The molecule has 2 heterocycles. The van der Waals surface area contributed by atoms with E-state index in [9.17, 15) is 0 Å². The lowest BCUT2D eigenvalue weighted by Gasteiger charge is -2.39. The molecule has 1 saturated heterocycles. The van der Waals surface area contributed by atoms with Gasteiger partial charge in [0.15, 0.2) is 0 Å². The highest BCUT2D eigenvalue weighted by Crippen LogP contribution is 2.34. The van der Waals surface area contributed by atoms with E-state index in [0.717, 1.165) is 58.1 Å². The Morgan fingerprint density at radius 3 is 2.85 bits per heavy atom. The second-order valence-corrected chi connectivity index (χ2v) is 9.07. The zero-order valence-electron chi connectivity index (χ0n) is 19.0. The third-order valence-electron chi connectivity index (χ3n) is 5.96. The van der Waals surface area contributed by atoms with Crippen LogP contribution in [0.2, 0.25) is 0 Å². The minimum absolute atomic E-state index is 0.361. The molecule has 1 atom stereocenters. The van der Waals surface area contributed by atoms with E-state index in [1.54, 1.807) is 13.3 Å². The van der Waals surface area contributed by atoms with Crippen molar-refractivity contribution < 1.29 is 4.74 Å². The molecule has 0 radical (unpaired) electrons. The zero-order chi connectivity index (χ0) is 23.4. The van der Waals surface area contributed by atoms with Gasteiger partial charge < -0.3 is 19.9 Å². The van der Waals surface area contributed by atoms with E-state index in [1.807, 2.05) is 36.4 Å². The Morgan fingerprint density at radius 1 is 1.24 bits per heavy atom. The molecule has 170 valence electrons. The predicted octanol–water partition coefficient (Wildman–Crippen LogP) is 4.86. The van der Waals surface area contributed by atoms with E-state index in [4.69, 9.17) is 15.0 Å². The van der Waals surface area contributed by atoms with Crippen molar-refractivity contribution in [3.63, 3.8) is 0 Å². The Balaban J connectivity index is 1.58. The maximum Gasteiger partial charge on any atom is 0.227 e. The standard InChI is InChI=1S/C25H27BrN6O/c1-17-16-32(12-11-31(17)2)22-8-7-20(14-23(22)33-3)29-25-28-15-21(26)24(30-25)19-6-4-5-18(13-19)9-10-27/h4-8,13-15,17H,9,11-12,16H2,1-3H3,(H,28,29,30)/t17-/m0/s1. The molecule has 4 rings (SSSR count). The van der Waals surface area contributed by atoms with Crippen molar-refractivity contribution in [3.8, 4) is 23.1 Å². The van der Waals surface area contributed by atoms with E-state index < -0.39 is 0 Å². The number of rotatable bonds is 6. The van der Waals surface area contributed by atoms with Gasteiger partial charge in [-0.1, -0.05) is 18.2 Å². The van der Waals surface area contributed by atoms with Gasteiger partial charge in [-0.3, -0.25) is 0 Å². The van der Waals surface area contributed by atoms with Gasteiger partial charge in [0, 0.05) is 49.2 Å². The number of likely N-dealkylation sites (N-methyl/N-ethyl adjacent to an activating group) is 1. The van der Waals surface area contributed by atoms with Crippen LogP contribution in [0.25, 0.3) is 11.3 Å². The Labute approximate surface area is 203 Å². The number of nitrogens with zero attached hydrogens (tertiary/aromatic N) is 5. The van der Waals surface area contributed by atoms with Crippen LogP contribution in [0, 0.1) is 11.3 Å². The molecule has 1 fully saturated rings. The summed E-state index contributed by atoms with van der Waals surface area (Å²) in [5.74, 6) is 1.31. The van der Waals surface area contributed by atoms with Gasteiger partial charge in [-0.05, 0) is 53.7 Å². The number of benzene rings is 2. The van der Waals surface area contributed by atoms with E-state index in [0.29, 0.717) is 18.4 Å². The number of halogens is 1. The second-order valence-electron chi connectivity index (χ2n) is 8.21. The minimum Gasteiger partial charge on any atom is -0.495 e. The molecule has 1 aromatic heterocycles. The van der Waals surface area contributed by atoms with Crippen molar-refractivity contribution in [2.24, 2.45) is 0 Å². The molecule has 0 saturated carbocycles. The number of nitrogens with one attached hydrogen (secondary N) is 1. The quantitative estimate of drug-likeness (QED) is 0.511. The Hall–Kier alpha value is -3.15. The highest BCUT2D eigenvalue weighted by Gasteiger charge is 2.23. The molecule has 8 heteroatoms. The van der Waals surface area contributed by atoms with Crippen LogP contribution in [0.3, 0.4) is 0 Å². The molecule has 1 aliphatic rings. The molecular formula is C25H27BrN6O. The highest BCUT2D eigenvalue weighted by atomic mass is 79.9. The fraction of sp³-hybridized carbons (Fsp3) is 0.320. The maximum absolute atomic E-state index is 9.00. The van der Waals surface area contributed by atoms with E-state index in [-0.39, 0.29) is 0 Å². The van der Waals surface area contributed by atoms with Crippen molar-refractivity contribution in [3.05, 3.63) is 58.7 Å². The lowest BCUT2D eigenvalue weighted by molar-refractivity contribution is 0.233. The third kappa shape index (κ3) is 5.27. The molecule has 0 unspecified atom stereocenters. The van der Waals surface area contributed by atoms with Crippen LogP contribution in [-0.4, -0.2) is 54.7 Å². The fourth-order valence-electron chi connectivity index (χ4n) is 3.96. The number of anilines is 3. The van der Waals surface area contributed by atoms with Crippen LogP contribution in [0.4, 0.5) is 17.3 Å². The monoisotopic (exact) mass is 506 g/mol. The predicted molar refractivity (Wildman–Crippen MR) is 135 cm³/mol. The van der Waals surface area contributed by atoms with Crippen LogP contribution in [0.1, 0.15) is 12.5 Å². The first-order chi connectivity index (χ1) is 16.0. The summed E-state index contributed by atoms with van der Waals surface area (Å²) in [7, 11) is 3.86. The minimum atomic E-state index is 0.361. The Kier molecular flexibility index (Phi) is 7.11. The lowest BCUT2D eigenvalue weighted by atomic mass is 10.1. The van der Waals surface area contributed by atoms with Crippen LogP contribution in [-0.2, 0) is 6.42 Å². The summed E-state index contributed by atoms with van der Waals surface area (Å²) in [5.41, 5.74) is 4.59. The molecule has 1 aliphatic heterocycles. The van der Waals surface area contributed by atoms with Crippen molar-refractivity contribution in [2.75, 3.05) is 44.0 Å². The summed E-state index contributed by atoms with van der Waals surface area (Å²) >= 11 is 3.55. The molecule has 7 nitrogen and oxygen atoms in total. The van der Waals surface area contributed by atoms with Gasteiger partial charge in [-0.15, -0.1) is 0 Å². The fourth-order valence-corrected chi connectivity index (χ4v) is 4.38. The number of hydrogen-bond acceptors (Lipinski definition) is 7. The Morgan fingerprint density at radius 2 is 2.09 bits per heavy atom. The number of aromatic nitrogens is 2. The van der Waals surface area contributed by atoms with Gasteiger partial charge in [-0.2, -0.15) is 5.26 Å². The van der Waals surface area contributed by atoms with Crippen molar-refractivity contribution in [1.82, 2.24) is 14.9 Å². The average molecular weight is 507 g/mol. The first kappa shape index (κ1) is 23.0. The largest absolute Gasteiger partial charge is 0.495 e. The van der Waals surface area contributed by atoms with E-state index in [1.165, 1.54) is 0 Å². The molecule has 0 spiro atoms. The van der Waals surface area contributed by atoms with E-state index in [2.05, 4.69) is 62.1 Å². The molecule has 0 bridgehead atoms. The summed E-state index contributed by atoms with van der Waals surface area (Å²) in [6.45, 7) is 5.19. The molecule has 1 N–H and O–H groups in total. The van der Waals surface area contributed by atoms with Crippen LogP contribution in [0.5, 0.6) is 5.75 Å². The molecule has 3 aromatic rings. The average Bonchev–Trinajstić information content (AvgIpc) is 2.82. The highest BCUT2D eigenvalue weighted by molar-refractivity contribution is 9.10. The zero-order valence-corrected chi connectivity index (χ0v) is 20.6. The normalized spacial score (nSPS) is 16.3. The topological polar surface area (TPSA) is 77.3 Å². The van der Waals surface area contributed by atoms with Gasteiger partial charge in [0.1, 0.15) is 5.75 Å². The van der Waals surface area contributed by atoms with Gasteiger partial charge in [0.2, 0.25) is 5.95 Å². The molecule has 0 aliphatic carbocycles. The second kappa shape index (κ2) is 10.2. The molecule has 0 amide bonds. The van der Waals surface area contributed by atoms with Crippen molar-refractivity contribution in [2.45, 2.75) is 19.4 Å². The van der Waals surface area contributed by atoms with Crippen LogP contribution in [0.15, 0.2) is 53.1 Å². The number of ether oxygens (including phenoxy) is 1. The first-order valence-corrected chi connectivity index (χ1v) is 11.7. The smallest absolute Gasteiger partial charge is 0.227 e. The third-order valence-corrected chi connectivity index (χ3v) is 6.54. The van der Waals surface area contributed by atoms with E-state index >= 15 is 0 Å². The number of hydrogen-bond donors (Lipinski definition) is 1. The van der Waals surface area contributed by atoms with Crippen LogP contribution < -0.4 is 15.0 Å². The summed E-state index contributed by atoms with van der Waals surface area (Å²) in [6, 6.07) is 16.6. The van der Waals surface area contributed by atoms with Gasteiger partial charge >= 0.3 is 0 Å². The van der Waals surface area contributed by atoms with Gasteiger partial charge in [0.25, 0.3) is 0 Å². The van der Waals surface area contributed by atoms with Gasteiger partial charge in [-0.25, -0.2) is 9.97 Å². The SMILES string of the molecule is COc1cc(Nc2ncc(Br)c(-c3cccc(CC#N)c3)n2)ccc1N1CCN(C)[C@@H](C)C1. The summed E-state index contributed by atoms with van der Waals surface area (Å²) < 4.78 is 6.51. The first-order valence-electron chi connectivity index (χ1n) is 10.9. The summed E-state index contributed by atoms with van der Waals surface area (Å²) in [5, 5.41) is 12.3. The lowest BCUT2D eigenvalue weighted by Crippen LogP contribution is -2.50. The molecule has 33 heavy (non-hydrogen) atoms. The number of methoxy groups -OCH3 is 1. The maximum atomic E-state index is 9.00. The Bertz CT molecular complexity index is 1180. The number of nitriles is 1. The molecule has 2 aromatic carbocycles. The molecular weight excluding hydrogens is 480 g/mol. The van der Waals surface area contributed by atoms with Crippen molar-refractivity contribution in [1.29, 1.82) is 5.26 Å². The van der Waals surface area contributed by atoms with Crippen molar-refractivity contribution >= 4 is 33.3 Å². The number of piperazine rings is 1.